The Kier molecular flexibility index (Phi) is 8.62. The Morgan fingerprint density at radius 3 is 2.20 bits per heavy atom. The van der Waals surface area contributed by atoms with Gasteiger partial charge in [0.05, 0.1) is 28.4 Å². The lowest BCUT2D eigenvalue weighted by Gasteiger charge is -2.19. The van der Waals surface area contributed by atoms with Gasteiger partial charge in [-0.3, -0.25) is 4.79 Å². The number of fused-ring (bicyclic) bond motifs is 1. The van der Waals surface area contributed by atoms with Gasteiger partial charge in [0.2, 0.25) is 10.0 Å². The second-order valence-electron chi connectivity index (χ2n) is 10.5. The molecular formula is C30H37N5O4S. The fraction of sp³-hybridized carbons (Fsp3) is 0.333. The highest BCUT2D eigenvalue weighted by Gasteiger charge is 2.22. The van der Waals surface area contributed by atoms with Crippen molar-refractivity contribution in [3.05, 3.63) is 82.5 Å². The largest absolute Gasteiger partial charge is 0.392 e. The third-order valence-electron chi connectivity index (χ3n) is 6.59. The summed E-state index contributed by atoms with van der Waals surface area (Å²) in [4.78, 5) is 12.6. The Hall–Kier alpha value is -3.73. The van der Waals surface area contributed by atoms with Crippen molar-refractivity contribution in [2.75, 3.05) is 18.4 Å². The summed E-state index contributed by atoms with van der Waals surface area (Å²) in [7, 11) is -3.69. The average molecular weight is 564 g/mol. The number of aryl methyl sites for hydroxylation is 4. The lowest BCUT2D eigenvalue weighted by atomic mass is 10.1. The van der Waals surface area contributed by atoms with Crippen molar-refractivity contribution in [3.63, 3.8) is 0 Å². The number of aliphatic hydroxyl groups is 1. The normalized spacial score (nSPS) is 13.3. The molecule has 4 aromatic rings. The van der Waals surface area contributed by atoms with Gasteiger partial charge in [-0.2, -0.15) is 5.10 Å². The van der Waals surface area contributed by atoms with Gasteiger partial charge < -0.3 is 15.7 Å². The predicted molar refractivity (Wildman–Crippen MR) is 159 cm³/mol. The highest BCUT2D eigenvalue weighted by atomic mass is 32.2. The van der Waals surface area contributed by atoms with E-state index in [-0.39, 0.29) is 18.5 Å². The molecule has 2 atom stereocenters. The monoisotopic (exact) mass is 563 g/mol. The number of hydrogen-bond donors (Lipinski definition) is 4. The third kappa shape index (κ3) is 6.52. The van der Waals surface area contributed by atoms with E-state index in [0.29, 0.717) is 17.0 Å². The van der Waals surface area contributed by atoms with Crippen molar-refractivity contribution in [3.8, 4) is 5.69 Å². The third-order valence-corrected chi connectivity index (χ3v) is 8.49. The van der Waals surface area contributed by atoms with E-state index in [9.17, 15) is 18.3 Å². The molecule has 10 heteroatoms. The zero-order valence-electron chi connectivity index (χ0n) is 23.7. The van der Waals surface area contributed by atoms with Gasteiger partial charge in [0.15, 0.2) is 0 Å². The molecule has 1 heterocycles. The van der Waals surface area contributed by atoms with Gasteiger partial charge in [0, 0.05) is 35.8 Å². The summed E-state index contributed by atoms with van der Waals surface area (Å²) in [5.74, 6) is -0.252. The van der Waals surface area contributed by atoms with Crippen LogP contribution in [-0.2, 0) is 10.0 Å². The summed E-state index contributed by atoms with van der Waals surface area (Å²) in [5.41, 5.74) is 6.53. The smallest absolute Gasteiger partial charge is 0.251 e. The quantitative estimate of drug-likeness (QED) is 0.230. The Bertz CT molecular complexity index is 1620. The Balaban J connectivity index is 1.51. The average Bonchev–Trinajstić information content (AvgIpc) is 3.28. The van der Waals surface area contributed by atoms with Crippen molar-refractivity contribution in [1.82, 2.24) is 19.8 Å². The molecule has 0 aliphatic carbocycles. The Morgan fingerprint density at radius 2 is 1.57 bits per heavy atom. The van der Waals surface area contributed by atoms with Crippen molar-refractivity contribution >= 4 is 32.5 Å². The lowest BCUT2D eigenvalue weighted by Crippen LogP contribution is -2.38. The van der Waals surface area contributed by atoms with Crippen LogP contribution < -0.4 is 15.4 Å². The number of sulfonamides is 1. The fourth-order valence-corrected chi connectivity index (χ4v) is 6.63. The summed E-state index contributed by atoms with van der Waals surface area (Å²) in [6.45, 7) is 11.6. The van der Waals surface area contributed by atoms with Crippen LogP contribution in [0.3, 0.4) is 0 Å². The number of hydrogen-bond acceptors (Lipinski definition) is 6. The molecule has 0 bridgehead atoms. The van der Waals surface area contributed by atoms with Crippen LogP contribution in [0.15, 0.2) is 59.6 Å². The van der Waals surface area contributed by atoms with Crippen LogP contribution in [0.5, 0.6) is 0 Å². The van der Waals surface area contributed by atoms with E-state index in [4.69, 9.17) is 0 Å². The molecule has 1 aromatic heterocycles. The van der Waals surface area contributed by atoms with Crippen LogP contribution in [-0.4, -0.2) is 54.4 Å². The number of carbonyl (C=O) groups is 1. The number of aromatic nitrogens is 2. The number of aliphatic hydroxyl groups excluding tert-OH is 1. The summed E-state index contributed by atoms with van der Waals surface area (Å²) in [6.07, 6.45) is 1.16. The van der Waals surface area contributed by atoms with Crippen LogP contribution in [0.4, 0.5) is 5.69 Å². The molecule has 0 aliphatic heterocycles. The number of benzene rings is 3. The minimum atomic E-state index is -3.69. The second kappa shape index (κ2) is 11.8. The van der Waals surface area contributed by atoms with Gasteiger partial charge in [-0.15, -0.1) is 0 Å². The number of amides is 1. The number of nitrogens with one attached hydrogen (secondary N) is 3. The summed E-state index contributed by atoms with van der Waals surface area (Å²) >= 11 is 0. The van der Waals surface area contributed by atoms with Crippen LogP contribution in [0.2, 0.25) is 0 Å². The molecule has 4 rings (SSSR count). The topological polar surface area (TPSA) is 125 Å². The molecule has 1 amide bonds. The van der Waals surface area contributed by atoms with Crippen molar-refractivity contribution in [2.45, 2.75) is 58.6 Å². The number of nitrogens with zero attached hydrogens (tertiary/aromatic N) is 2. The van der Waals surface area contributed by atoms with Gasteiger partial charge in [0.1, 0.15) is 0 Å². The minimum absolute atomic E-state index is 0.185. The Labute approximate surface area is 235 Å². The Morgan fingerprint density at radius 1 is 0.950 bits per heavy atom. The molecule has 40 heavy (non-hydrogen) atoms. The van der Waals surface area contributed by atoms with E-state index in [0.717, 1.165) is 44.5 Å². The zero-order valence-corrected chi connectivity index (χ0v) is 24.6. The highest BCUT2D eigenvalue weighted by molar-refractivity contribution is 7.89. The summed E-state index contributed by atoms with van der Waals surface area (Å²) in [5, 5.41) is 21.0. The molecule has 0 aliphatic rings. The van der Waals surface area contributed by atoms with E-state index < -0.39 is 16.1 Å². The van der Waals surface area contributed by atoms with E-state index in [1.165, 1.54) is 0 Å². The molecular weight excluding hydrogens is 526 g/mol. The van der Waals surface area contributed by atoms with Crippen molar-refractivity contribution < 1.29 is 18.3 Å². The molecule has 9 nitrogen and oxygen atoms in total. The molecule has 3 aromatic carbocycles. The SMILES string of the molecule is Cc1cc(C)c(S(=O)(=O)N[C@@H](C)CNc2cc(C)cc3c2cnn3-c2ccc(C(=O)NCC(C)O)cc2)c(C)c1. The van der Waals surface area contributed by atoms with Gasteiger partial charge in [-0.25, -0.2) is 17.8 Å². The second-order valence-corrected chi connectivity index (χ2v) is 12.2. The van der Waals surface area contributed by atoms with Gasteiger partial charge >= 0.3 is 0 Å². The molecule has 0 saturated carbocycles. The number of rotatable bonds is 10. The lowest BCUT2D eigenvalue weighted by molar-refractivity contribution is 0.0924. The maximum absolute atomic E-state index is 13.2. The van der Waals surface area contributed by atoms with Crippen LogP contribution in [0, 0.1) is 27.7 Å². The van der Waals surface area contributed by atoms with Crippen LogP contribution in [0.1, 0.15) is 46.5 Å². The molecule has 0 spiro atoms. The fourth-order valence-electron chi connectivity index (χ4n) is 4.93. The maximum atomic E-state index is 13.2. The zero-order chi connectivity index (χ0) is 29.2. The molecule has 0 fully saturated rings. The maximum Gasteiger partial charge on any atom is 0.251 e. The molecule has 0 radical (unpaired) electrons. The van der Waals surface area contributed by atoms with Crippen molar-refractivity contribution in [1.29, 1.82) is 0 Å². The predicted octanol–water partition coefficient (Wildman–Crippen LogP) is 4.15. The summed E-state index contributed by atoms with van der Waals surface area (Å²) in [6, 6.07) is 14.5. The van der Waals surface area contributed by atoms with Gasteiger partial charge in [-0.05, 0) is 94.6 Å². The standard InChI is InChI=1S/C30H37N5O4S/c1-18-11-20(3)29(21(4)12-18)40(38,39)34-22(5)15-31-27-13-19(2)14-28-26(27)17-33-35(28)25-9-7-24(8-10-25)30(37)32-16-23(6)36/h7-14,17,22-23,31,34,36H,15-16H2,1-6H3,(H,32,37)/t22-,23?/m0/s1. The number of carbonyl (C=O) groups excluding carboxylic acids is 1. The van der Waals surface area contributed by atoms with E-state index in [2.05, 4.69) is 20.5 Å². The van der Waals surface area contributed by atoms with Gasteiger partial charge in [0.25, 0.3) is 5.91 Å². The highest BCUT2D eigenvalue weighted by Crippen LogP contribution is 2.28. The van der Waals surface area contributed by atoms with E-state index in [1.54, 1.807) is 29.9 Å². The first-order valence-corrected chi connectivity index (χ1v) is 14.7. The van der Waals surface area contributed by atoms with Crippen LogP contribution in [0.25, 0.3) is 16.6 Å². The van der Waals surface area contributed by atoms with Crippen molar-refractivity contribution in [2.24, 2.45) is 0 Å². The number of anilines is 1. The molecule has 212 valence electrons. The first kappa shape index (κ1) is 29.3. The minimum Gasteiger partial charge on any atom is -0.392 e. The van der Waals surface area contributed by atoms with E-state index >= 15 is 0 Å². The molecule has 4 N–H and O–H groups in total. The molecule has 1 unspecified atom stereocenters. The van der Waals surface area contributed by atoms with Gasteiger partial charge in [-0.1, -0.05) is 17.7 Å². The molecule has 0 saturated heterocycles. The van der Waals surface area contributed by atoms with Crippen LogP contribution >= 0.6 is 0 Å². The van der Waals surface area contributed by atoms with E-state index in [1.807, 2.05) is 71.0 Å². The first-order valence-electron chi connectivity index (χ1n) is 13.2. The first-order chi connectivity index (χ1) is 18.9. The summed E-state index contributed by atoms with van der Waals surface area (Å²) < 4.78 is 31.0.